The third-order valence-electron chi connectivity index (χ3n) is 4.74. The van der Waals surface area contributed by atoms with Gasteiger partial charge in [-0.2, -0.15) is 0 Å². The highest BCUT2D eigenvalue weighted by Gasteiger charge is 2.12. The van der Waals surface area contributed by atoms with Crippen LogP contribution in [0, 0.1) is 5.82 Å². The maximum absolute atomic E-state index is 14.0. The molecule has 0 saturated heterocycles. The molecule has 3 heteroatoms. The smallest absolute Gasteiger partial charge is 0.137 e. The molecule has 5 aromatic rings. The molecule has 0 fully saturated rings. The second-order valence-corrected chi connectivity index (χ2v) is 6.25. The highest BCUT2D eigenvalue weighted by molar-refractivity contribution is 6.09. The van der Waals surface area contributed by atoms with E-state index in [1.165, 1.54) is 16.8 Å². The lowest BCUT2D eigenvalue weighted by Crippen LogP contribution is -1.97. The normalized spacial score (nSPS) is 11.3. The first kappa shape index (κ1) is 14.8. The van der Waals surface area contributed by atoms with E-state index in [1.54, 1.807) is 18.3 Å². The first-order chi connectivity index (χ1) is 12.8. The lowest BCUT2D eigenvalue weighted by atomic mass is 10.1. The van der Waals surface area contributed by atoms with E-state index in [-0.39, 0.29) is 5.82 Å². The Morgan fingerprint density at radius 3 is 1.88 bits per heavy atom. The fourth-order valence-electron chi connectivity index (χ4n) is 3.54. The molecular weight excluding hydrogens is 323 g/mol. The number of hydrogen-bond donors (Lipinski definition) is 0. The summed E-state index contributed by atoms with van der Waals surface area (Å²) in [6.07, 6.45) is 1.73. The van der Waals surface area contributed by atoms with Gasteiger partial charge in [0.2, 0.25) is 0 Å². The molecule has 0 aliphatic carbocycles. The number of para-hydroxylation sites is 2. The first-order valence-corrected chi connectivity index (χ1v) is 8.52. The van der Waals surface area contributed by atoms with E-state index in [1.807, 2.05) is 42.5 Å². The Labute approximate surface area is 150 Å². The quantitative estimate of drug-likeness (QED) is 0.387. The standard InChI is InChI=1S/C23H15FN2/c24-20-10-4-1-7-17(20)16-13-14-23(25-15-16)26-21-11-5-2-8-18(21)19-9-3-6-12-22(19)26/h1-15H. The molecule has 2 heterocycles. The topological polar surface area (TPSA) is 17.8 Å². The zero-order valence-electron chi connectivity index (χ0n) is 13.9. The fraction of sp³-hybridized carbons (Fsp3) is 0. The largest absolute Gasteiger partial charge is 0.294 e. The molecule has 0 aliphatic rings. The number of benzene rings is 3. The second-order valence-electron chi connectivity index (χ2n) is 6.25. The minimum absolute atomic E-state index is 0.237. The van der Waals surface area contributed by atoms with Gasteiger partial charge in [-0.1, -0.05) is 54.6 Å². The number of fused-ring (bicyclic) bond motifs is 3. The minimum atomic E-state index is -0.237. The summed E-state index contributed by atoms with van der Waals surface area (Å²) in [5.74, 6) is 0.585. The van der Waals surface area contributed by atoms with Crippen LogP contribution in [0.1, 0.15) is 0 Å². The van der Waals surface area contributed by atoms with Crippen LogP contribution in [0.5, 0.6) is 0 Å². The van der Waals surface area contributed by atoms with Crippen LogP contribution in [0.3, 0.4) is 0 Å². The van der Waals surface area contributed by atoms with E-state index >= 15 is 0 Å². The Bertz CT molecular complexity index is 1180. The number of nitrogens with zero attached hydrogens (tertiary/aromatic N) is 2. The van der Waals surface area contributed by atoms with Gasteiger partial charge < -0.3 is 0 Å². The highest BCUT2D eigenvalue weighted by atomic mass is 19.1. The lowest BCUT2D eigenvalue weighted by molar-refractivity contribution is 0.631. The Morgan fingerprint density at radius 2 is 1.27 bits per heavy atom. The van der Waals surface area contributed by atoms with Gasteiger partial charge in [-0.3, -0.25) is 4.57 Å². The monoisotopic (exact) mass is 338 g/mol. The average Bonchev–Trinajstić information content (AvgIpc) is 3.03. The maximum Gasteiger partial charge on any atom is 0.137 e. The van der Waals surface area contributed by atoms with Crippen LogP contribution < -0.4 is 0 Å². The molecule has 0 amide bonds. The molecule has 0 aliphatic heterocycles. The molecule has 0 N–H and O–H groups in total. The molecule has 0 saturated carbocycles. The average molecular weight is 338 g/mol. The Hall–Kier alpha value is -3.46. The third kappa shape index (κ3) is 2.21. The van der Waals surface area contributed by atoms with Gasteiger partial charge in [-0.15, -0.1) is 0 Å². The van der Waals surface area contributed by atoms with Gasteiger partial charge in [0.05, 0.1) is 11.0 Å². The Morgan fingerprint density at radius 1 is 0.654 bits per heavy atom. The van der Waals surface area contributed by atoms with Gasteiger partial charge in [0.15, 0.2) is 0 Å². The number of hydrogen-bond acceptors (Lipinski definition) is 1. The van der Waals surface area contributed by atoms with Crippen molar-refractivity contribution in [3.63, 3.8) is 0 Å². The SMILES string of the molecule is Fc1ccccc1-c1ccc(-n2c3ccccc3c3ccccc32)nc1. The molecular formula is C23H15FN2. The van der Waals surface area contributed by atoms with Gasteiger partial charge in [0.1, 0.15) is 11.6 Å². The van der Waals surface area contributed by atoms with Gasteiger partial charge in [0.25, 0.3) is 0 Å². The van der Waals surface area contributed by atoms with E-state index in [0.717, 1.165) is 22.4 Å². The number of halogens is 1. The van der Waals surface area contributed by atoms with Crippen molar-refractivity contribution in [3.05, 3.63) is 96.9 Å². The van der Waals surface area contributed by atoms with Gasteiger partial charge >= 0.3 is 0 Å². The van der Waals surface area contributed by atoms with Crippen LogP contribution in [0.4, 0.5) is 4.39 Å². The zero-order chi connectivity index (χ0) is 17.5. The molecule has 0 spiro atoms. The first-order valence-electron chi connectivity index (χ1n) is 8.52. The molecule has 2 aromatic heterocycles. The Kier molecular flexibility index (Phi) is 3.32. The molecule has 0 radical (unpaired) electrons. The van der Waals surface area contributed by atoms with E-state index in [2.05, 4.69) is 33.8 Å². The summed E-state index contributed by atoms with van der Waals surface area (Å²) < 4.78 is 16.2. The zero-order valence-corrected chi connectivity index (χ0v) is 13.9. The van der Waals surface area contributed by atoms with Crippen LogP contribution >= 0.6 is 0 Å². The van der Waals surface area contributed by atoms with Gasteiger partial charge in [-0.05, 0) is 30.3 Å². The summed E-state index contributed by atoms with van der Waals surface area (Å²) in [6.45, 7) is 0. The van der Waals surface area contributed by atoms with Crippen molar-refractivity contribution < 1.29 is 4.39 Å². The predicted octanol–water partition coefficient (Wildman–Crippen LogP) is 5.98. The van der Waals surface area contributed by atoms with Crippen molar-refractivity contribution in [1.29, 1.82) is 0 Å². The van der Waals surface area contributed by atoms with E-state index in [0.29, 0.717) is 5.56 Å². The van der Waals surface area contributed by atoms with Crippen LogP contribution in [-0.4, -0.2) is 9.55 Å². The lowest BCUT2D eigenvalue weighted by Gasteiger charge is -2.08. The van der Waals surface area contributed by atoms with Crippen molar-refractivity contribution in [3.8, 4) is 16.9 Å². The summed E-state index contributed by atoms with van der Waals surface area (Å²) in [5.41, 5.74) is 3.56. The van der Waals surface area contributed by atoms with Crippen molar-refractivity contribution >= 4 is 21.8 Å². The Balaban J connectivity index is 1.72. The third-order valence-corrected chi connectivity index (χ3v) is 4.74. The number of pyridine rings is 1. The molecule has 2 nitrogen and oxygen atoms in total. The summed E-state index contributed by atoms with van der Waals surface area (Å²) in [4.78, 5) is 4.64. The summed E-state index contributed by atoms with van der Waals surface area (Å²) >= 11 is 0. The van der Waals surface area contributed by atoms with Crippen molar-refractivity contribution in [2.24, 2.45) is 0 Å². The van der Waals surface area contributed by atoms with Crippen molar-refractivity contribution in [2.75, 3.05) is 0 Å². The van der Waals surface area contributed by atoms with Crippen LogP contribution in [0.2, 0.25) is 0 Å². The van der Waals surface area contributed by atoms with E-state index < -0.39 is 0 Å². The van der Waals surface area contributed by atoms with Gasteiger partial charge in [0, 0.05) is 28.1 Å². The summed E-state index contributed by atoms with van der Waals surface area (Å²) in [6, 6.07) is 27.2. The summed E-state index contributed by atoms with van der Waals surface area (Å²) in [7, 11) is 0. The molecule has 3 aromatic carbocycles. The molecule has 0 atom stereocenters. The minimum Gasteiger partial charge on any atom is -0.294 e. The van der Waals surface area contributed by atoms with Gasteiger partial charge in [-0.25, -0.2) is 9.37 Å². The molecule has 26 heavy (non-hydrogen) atoms. The van der Waals surface area contributed by atoms with Crippen molar-refractivity contribution in [2.45, 2.75) is 0 Å². The molecule has 124 valence electrons. The van der Waals surface area contributed by atoms with Crippen LogP contribution in [0.15, 0.2) is 91.1 Å². The molecule has 5 rings (SSSR count). The summed E-state index contributed by atoms with van der Waals surface area (Å²) in [5, 5.41) is 2.39. The second kappa shape index (κ2) is 5.81. The molecule has 0 bridgehead atoms. The van der Waals surface area contributed by atoms with Crippen LogP contribution in [0.25, 0.3) is 38.8 Å². The predicted molar refractivity (Wildman–Crippen MR) is 104 cm³/mol. The van der Waals surface area contributed by atoms with Crippen LogP contribution in [-0.2, 0) is 0 Å². The van der Waals surface area contributed by atoms with Crippen molar-refractivity contribution in [1.82, 2.24) is 9.55 Å². The number of aromatic nitrogens is 2. The molecule has 0 unspecified atom stereocenters. The fourth-order valence-corrected chi connectivity index (χ4v) is 3.54. The van der Waals surface area contributed by atoms with E-state index in [9.17, 15) is 4.39 Å². The number of rotatable bonds is 2. The van der Waals surface area contributed by atoms with E-state index in [4.69, 9.17) is 0 Å². The highest BCUT2D eigenvalue weighted by Crippen LogP contribution is 2.31. The maximum atomic E-state index is 14.0.